The first-order chi connectivity index (χ1) is 13.6. The number of carbonyl (C=O) groups is 1. The van der Waals surface area contributed by atoms with Crippen molar-refractivity contribution in [3.63, 3.8) is 0 Å². The first-order valence-corrected chi connectivity index (χ1v) is 9.78. The maximum atomic E-state index is 13.3. The minimum Gasteiger partial charge on any atom is -0.336 e. The first kappa shape index (κ1) is 18.3. The number of fused-ring (bicyclic) bond motifs is 1. The van der Waals surface area contributed by atoms with Crippen molar-refractivity contribution in [2.24, 2.45) is 5.92 Å². The van der Waals surface area contributed by atoms with Gasteiger partial charge in [0.15, 0.2) is 0 Å². The van der Waals surface area contributed by atoms with Crippen LogP contribution in [-0.2, 0) is 24.3 Å². The highest BCUT2D eigenvalue weighted by Crippen LogP contribution is 2.22. The number of nitrogens with zero attached hydrogens (tertiary/aromatic N) is 3. The normalized spacial score (nSPS) is 13.6. The predicted molar refractivity (Wildman–Crippen MR) is 110 cm³/mol. The van der Waals surface area contributed by atoms with Gasteiger partial charge in [0.05, 0.1) is 24.5 Å². The second kappa shape index (κ2) is 7.50. The van der Waals surface area contributed by atoms with E-state index in [2.05, 4.69) is 12.1 Å². The molecule has 5 nitrogen and oxygen atoms in total. The summed E-state index contributed by atoms with van der Waals surface area (Å²) in [6.45, 7) is 5.51. The summed E-state index contributed by atoms with van der Waals surface area (Å²) < 4.78 is 3.81. The lowest BCUT2D eigenvalue weighted by Gasteiger charge is -2.29. The number of carbonyl (C=O) groups excluding carboxylic acids is 1. The molecule has 1 aliphatic rings. The standard InChI is InChI=1S/C23H25N3O2/c1-17(2)22(27)24-14-13-20-21(16-24)25(15-18-9-5-3-6-10-18)26(23(20)28)19-11-7-4-8-12-19/h3-12,17H,13-16H2,1-2H3. The molecule has 28 heavy (non-hydrogen) atoms. The van der Waals surface area contributed by atoms with Gasteiger partial charge in [-0.05, 0) is 24.1 Å². The third-order valence-electron chi connectivity index (χ3n) is 5.31. The van der Waals surface area contributed by atoms with E-state index in [0.717, 1.165) is 22.5 Å². The SMILES string of the molecule is CC(C)C(=O)N1CCc2c(n(Cc3ccccc3)n(-c3ccccc3)c2=O)C1. The molecule has 2 aromatic carbocycles. The van der Waals surface area contributed by atoms with E-state index in [0.29, 0.717) is 26.1 Å². The van der Waals surface area contributed by atoms with Crippen molar-refractivity contribution in [1.29, 1.82) is 0 Å². The zero-order valence-corrected chi connectivity index (χ0v) is 16.3. The largest absolute Gasteiger partial charge is 0.336 e. The van der Waals surface area contributed by atoms with Gasteiger partial charge in [-0.15, -0.1) is 0 Å². The Bertz CT molecular complexity index is 1030. The van der Waals surface area contributed by atoms with Gasteiger partial charge in [-0.25, -0.2) is 4.68 Å². The van der Waals surface area contributed by atoms with Crippen LogP contribution in [0, 0.1) is 5.92 Å². The maximum absolute atomic E-state index is 13.3. The zero-order valence-electron chi connectivity index (χ0n) is 16.3. The molecule has 0 radical (unpaired) electrons. The Balaban J connectivity index is 1.84. The van der Waals surface area contributed by atoms with E-state index in [1.807, 2.05) is 72.0 Å². The zero-order chi connectivity index (χ0) is 19.7. The molecule has 0 N–H and O–H groups in total. The van der Waals surface area contributed by atoms with Crippen LogP contribution in [0.25, 0.3) is 5.69 Å². The van der Waals surface area contributed by atoms with Crippen LogP contribution in [0.15, 0.2) is 65.5 Å². The Labute approximate surface area is 164 Å². The number of benzene rings is 2. The summed E-state index contributed by atoms with van der Waals surface area (Å²) in [4.78, 5) is 27.7. The summed E-state index contributed by atoms with van der Waals surface area (Å²) in [5.41, 5.74) is 3.76. The lowest BCUT2D eigenvalue weighted by Crippen LogP contribution is -2.39. The fraction of sp³-hybridized carbons (Fsp3) is 0.304. The van der Waals surface area contributed by atoms with Gasteiger partial charge in [-0.1, -0.05) is 62.4 Å². The summed E-state index contributed by atoms with van der Waals surface area (Å²) in [6, 6.07) is 19.8. The van der Waals surface area contributed by atoms with Crippen molar-refractivity contribution in [3.8, 4) is 5.69 Å². The number of para-hydroxylation sites is 1. The molecule has 0 atom stereocenters. The van der Waals surface area contributed by atoms with Gasteiger partial charge in [0.1, 0.15) is 0 Å². The van der Waals surface area contributed by atoms with Crippen molar-refractivity contribution in [3.05, 3.63) is 87.8 Å². The van der Waals surface area contributed by atoms with E-state index >= 15 is 0 Å². The molecule has 0 saturated heterocycles. The molecule has 0 aliphatic carbocycles. The van der Waals surface area contributed by atoms with Crippen LogP contribution in [-0.4, -0.2) is 26.7 Å². The van der Waals surface area contributed by atoms with Gasteiger partial charge >= 0.3 is 0 Å². The van der Waals surface area contributed by atoms with Gasteiger partial charge in [-0.2, -0.15) is 0 Å². The average molecular weight is 375 g/mol. The quantitative estimate of drug-likeness (QED) is 0.703. The van der Waals surface area contributed by atoms with Crippen LogP contribution in [0.3, 0.4) is 0 Å². The average Bonchev–Trinajstić information content (AvgIpc) is 3.00. The van der Waals surface area contributed by atoms with E-state index in [1.165, 1.54) is 0 Å². The van der Waals surface area contributed by atoms with Crippen LogP contribution in [0.2, 0.25) is 0 Å². The van der Waals surface area contributed by atoms with Crippen LogP contribution < -0.4 is 5.56 Å². The predicted octanol–water partition coefficient (Wildman–Crippen LogP) is 3.23. The molecule has 4 rings (SSSR count). The van der Waals surface area contributed by atoms with Crippen molar-refractivity contribution < 1.29 is 4.79 Å². The molecule has 0 spiro atoms. The summed E-state index contributed by atoms with van der Waals surface area (Å²) >= 11 is 0. The number of hydrogen-bond donors (Lipinski definition) is 0. The lowest BCUT2D eigenvalue weighted by molar-refractivity contribution is -0.135. The Morgan fingerprint density at radius 3 is 2.29 bits per heavy atom. The van der Waals surface area contributed by atoms with E-state index in [4.69, 9.17) is 0 Å². The summed E-state index contributed by atoms with van der Waals surface area (Å²) in [6.07, 6.45) is 0.598. The number of rotatable bonds is 4. The fourth-order valence-corrected chi connectivity index (χ4v) is 3.87. The molecule has 2 heterocycles. The van der Waals surface area contributed by atoms with Gasteiger partial charge < -0.3 is 4.90 Å². The van der Waals surface area contributed by atoms with Crippen LogP contribution >= 0.6 is 0 Å². The number of aromatic nitrogens is 2. The molecule has 1 aromatic heterocycles. The summed E-state index contributed by atoms with van der Waals surface area (Å²) in [7, 11) is 0. The molecular formula is C23H25N3O2. The first-order valence-electron chi connectivity index (χ1n) is 9.78. The van der Waals surface area contributed by atoms with E-state index in [9.17, 15) is 9.59 Å². The third-order valence-corrected chi connectivity index (χ3v) is 5.31. The molecule has 3 aromatic rings. The molecule has 144 valence electrons. The van der Waals surface area contributed by atoms with Gasteiger partial charge in [0.25, 0.3) is 5.56 Å². The maximum Gasteiger partial charge on any atom is 0.275 e. The van der Waals surface area contributed by atoms with Crippen LogP contribution in [0.4, 0.5) is 0 Å². The van der Waals surface area contributed by atoms with Crippen molar-refractivity contribution in [1.82, 2.24) is 14.3 Å². The third kappa shape index (κ3) is 3.28. The van der Waals surface area contributed by atoms with Gasteiger partial charge in [-0.3, -0.25) is 14.3 Å². The Kier molecular flexibility index (Phi) is 4.90. The minimum absolute atomic E-state index is 0.0220. The van der Waals surface area contributed by atoms with Crippen LogP contribution in [0.5, 0.6) is 0 Å². The van der Waals surface area contributed by atoms with E-state index < -0.39 is 0 Å². The lowest BCUT2D eigenvalue weighted by atomic mass is 10.1. The van der Waals surface area contributed by atoms with Crippen molar-refractivity contribution in [2.75, 3.05) is 6.54 Å². The van der Waals surface area contributed by atoms with E-state index in [1.54, 1.807) is 4.68 Å². The monoisotopic (exact) mass is 375 g/mol. The fourth-order valence-electron chi connectivity index (χ4n) is 3.87. The van der Waals surface area contributed by atoms with Crippen molar-refractivity contribution in [2.45, 2.75) is 33.4 Å². The van der Waals surface area contributed by atoms with Crippen LogP contribution in [0.1, 0.15) is 30.7 Å². The highest BCUT2D eigenvalue weighted by Gasteiger charge is 2.29. The molecule has 0 bridgehead atoms. The highest BCUT2D eigenvalue weighted by molar-refractivity contribution is 5.78. The molecule has 0 unspecified atom stereocenters. The molecule has 0 fully saturated rings. The molecular weight excluding hydrogens is 350 g/mol. The molecule has 1 amide bonds. The molecule has 1 aliphatic heterocycles. The van der Waals surface area contributed by atoms with Gasteiger partial charge in [0.2, 0.25) is 5.91 Å². The van der Waals surface area contributed by atoms with Gasteiger partial charge in [0, 0.05) is 18.0 Å². The smallest absolute Gasteiger partial charge is 0.275 e. The second-order valence-corrected chi connectivity index (χ2v) is 7.59. The van der Waals surface area contributed by atoms with Crippen molar-refractivity contribution >= 4 is 5.91 Å². The highest BCUT2D eigenvalue weighted by atomic mass is 16.2. The number of amides is 1. The summed E-state index contributed by atoms with van der Waals surface area (Å²) in [5.74, 6) is 0.0869. The Morgan fingerprint density at radius 1 is 1.00 bits per heavy atom. The number of hydrogen-bond acceptors (Lipinski definition) is 2. The molecule has 5 heteroatoms. The molecule has 0 saturated carbocycles. The summed E-state index contributed by atoms with van der Waals surface area (Å²) in [5, 5.41) is 0. The minimum atomic E-state index is -0.0490. The van der Waals surface area contributed by atoms with E-state index in [-0.39, 0.29) is 17.4 Å². The Hall–Kier alpha value is -3.08. The Morgan fingerprint density at radius 2 is 1.64 bits per heavy atom. The topological polar surface area (TPSA) is 47.2 Å². The second-order valence-electron chi connectivity index (χ2n) is 7.59.